The van der Waals surface area contributed by atoms with E-state index < -0.39 is 0 Å². The van der Waals surface area contributed by atoms with Crippen molar-refractivity contribution < 1.29 is 14.0 Å². The molecule has 3 N–H and O–H groups in total. The number of thiocarbonyl (C=S) groups is 1. The molecule has 0 spiro atoms. The SMILES string of the molecule is COc1ccc(C(Nc2ccc(-c3noc(C)n3)cc2)C(N)=S)cc1OC. The Morgan fingerprint density at radius 2 is 1.81 bits per heavy atom. The van der Waals surface area contributed by atoms with E-state index in [0.29, 0.717) is 28.2 Å². The molecule has 1 aromatic heterocycles. The number of anilines is 1. The van der Waals surface area contributed by atoms with Crippen molar-refractivity contribution in [2.75, 3.05) is 19.5 Å². The summed E-state index contributed by atoms with van der Waals surface area (Å²) in [7, 11) is 3.18. The predicted molar refractivity (Wildman–Crippen MR) is 107 cm³/mol. The van der Waals surface area contributed by atoms with Crippen LogP contribution in [0.25, 0.3) is 11.4 Å². The van der Waals surface area contributed by atoms with E-state index in [9.17, 15) is 0 Å². The van der Waals surface area contributed by atoms with Gasteiger partial charge in [-0.2, -0.15) is 4.98 Å². The van der Waals surface area contributed by atoms with Crippen molar-refractivity contribution in [2.45, 2.75) is 13.0 Å². The summed E-state index contributed by atoms with van der Waals surface area (Å²) < 4.78 is 15.7. The maximum atomic E-state index is 5.97. The molecule has 0 aliphatic carbocycles. The summed E-state index contributed by atoms with van der Waals surface area (Å²) in [6.45, 7) is 1.75. The van der Waals surface area contributed by atoms with Crippen molar-refractivity contribution in [3.63, 3.8) is 0 Å². The van der Waals surface area contributed by atoms with E-state index in [4.69, 9.17) is 31.9 Å². The third kappa shape index (κ3) is 4.17. The number of nitrogens with two attached hydrogens (primary N) is 1. The smallest absolute Gasteiger partial charge is 0.223 e. The Hall–Kier alpha value is -3.13. The molecule has 0 fully saturated rings. The van der Waals surface area contributed by atoms with Gasteiger partial charge >= 0.3 is 0 Å². The first kappa shape index (κ1) is 18.7. The van der Waals surface area contributed by atoms with Crippen LogP contribution in [-0.2, 0) is 0 Å². The number of nitrogens with one attached hydrogen (secondary N) is 1. The zero-order chi connectivity index (χ0) is 19.4. The van der Waals surface area contributed by atoms with Crippen LogP contribution in [0.15, 0.2) is 47.0 Å². The minimum atomic E-state index is -0.363. The van der Waals surface area contributed by atoms with Crippen molar-refractivity contribution in [3.8, 4) is 22.9 Å². The van der Waals surface area contributed by atoms with Gasteiger partial charge in [-0.05, 0) is 42.0 Å². The first-order valence-electron chi connectivity index (χ1n) is 8.20. The van der Waals surface area contributed by atoms with Crippen LogP contribution in [0.1, 0.15) is 17.5 Å². The monoisotopic (exact) mass is 384 g/mol. The molecular weight excluding hydrogens is 364 g/mol. The fourth-order valence-corrected chi connectivity index (χ4v) is 2.84. The van der Waals surface area contributed by atoms with Crippen LogP contribution in [0, 0.1) is 6.92 Å². The van der Waals surface area contributed by atoms with Gasteiger partial charge in [0.05, 0.1) is 14.2 Å². The average molecular weight is 384 g/mol. The molecule has 0 aliphatic rings. The van der Waals surface area contributed by atoms with Gasteiger partial charge in [0.15, 0.2) is 11.5 Å². The number of nitrogens with zero attached hydrogens (tertiary/aromatic N) is 2. The largest absolute Gasteiger partial charge is 0.493 e. The van der Waals surface area contributed by atoms with E-state index in [2.05, 4.69) is 15.5 Å². The molecule has 0 radical (unpaired) electrons. The molecular formula is C19H20N4O3S. The summed E-state index contributed by atoms with van der Waals surface area (Å²) in [5, 5.41) is 7.26. The first-order chi connectivity index (χ1) is 13.0. The van der Waals surface area contributed by atoms with Crippen LogP contribution in [-0.4, -0.2) is 29.3 Å². The van der Waals surface area contributed by atoms with Gasteiger partial charge in [-0.25, -0.2) is 0 Å². The summed E-state index contributed by atoms with van der Waals surface area (Å²) >= 11 is 5.25. The molecule has 3 rings (SSSR count). The molecule has 140 valence electrons. The molecule has 2 aromatic carbocycles. The van der Waals surface area contributed by atoms with Gasteiger partial charge in [-0.1, -0.05) is 23.4 Å². The molecule has 1 unspecified atom stereocenters. The van der Waals surface area contributed by atoms with Crippen LogP contribution in [0.5, 0.6) is 11.5 Å². The minimum absolute atomic E-state index is 0.320. The van der Waals surface area contributed by atoms with E-state index in [1.165, 1.54) is 0 Å². The van der Waals surface area contributed by atoms with Crippen LogP contribution in [0.2, 0.25) is 0 Å². The Balaban J connectivity index is 1.83. The van der Waals surface area contributed by atoms with Crippen molar-refractivity contribution in [1.29, 1.82) is 0 Å². The predicted octanol–water partition coefficient (Wildman–Crippen LogP) is 3.50. The number of benzene rings is 2. The van der Waals surface area contributed by atoms with E-state index >= 15 is 0 Å². The van der Waals surface area contributed by atoms with Gasteiger partial charge in [0.1, 0.15) is 11.0 Å². The number of rotatable bonds is 7. The van der Waals surface area contributed by atoms with E-state index in [0.717, 1.165) is 16.8 Å². The summed E-state index contributed by atoms with van der Waals surface area (Å²) in [5.74, 6) is 2.32. The second kappa shape index (κ2) is 8.05. The first-order valence-corrected chi connectivity index (χ1v) is 8.61. The summed E-state index contributed by atoms with van der Waals surface area (Å²) in [4.78, 5) is 4.54. The van der Waals surface area contributed by atoms with Gasteiger partial charge < -0.3 is 25.0 Å². The maximum absolute atomic E-state index is 5.97. The highest BCUT2D eigenvalue weighted by molar-refractivity contribution is 7.80. The average Bonchev–Trinajstić information content (AvgIpc) is 3.12. The van der Waals surface area contributed by atoms with Gasteiger partial charge in [0, 0.05) is 18.2 Å². The molecule has 27 heavy (non-hydrogen) atoms. The normalized spacial score (nSPS) is 11.7. The van der Waals surface area contributed by atoms with Crippen LogP contribution < -0.4 is 20.5 Å². The Kier molecular flexibility index (Phi) is 5.56. The van der Waals surface area contributed by atoms with E-state index in [1.807, 2.05) is 42.5 Å². The number of aryl methyl sites for hydroxylation is 1. The second-order valence-corrected chi connectivity index (χ2v) is 6.28. The number of aromatic nitrogens is 2. The highest BCUT2D eigenvalue weighted by atomic mass is 32.1. The highest BCUT2D eigenvalue weighted by Crippen LogP contribution is 2.31. The fraction of sp³-hybridized carbons (Fsp3) is 0.211. The highest BCUT2D eigenvalue weighted by Gasteiger charge is 2.17. The molecule has 0 amide bonds. The zero-order valence-corrected chi connectivity index (χ0v) is 16.0. The fourth-order valence-electron chi connectivity index (χ4n) is 2.65. The molecule has 8 heteroatoms. The van der Waals surface area contributed by atoms with Crippen molar-refractivity contribution in [1.82, 2.24) is 10.1 Å². The Morgan fingerprint density at radius 1 is 1.11 bits per heavy atom. The number of methoxy groups -OCH3 is 2. The third-order valence-electron chi connectivity index (χ3n) is 4.01. The maximum Gasteiger partial charge on any atom is 0.223 e. The Labute approximate surface area is 162 Å². The molecule has 0 saturated carbocycles. The lowest BCUT2D eigenvalue weighted by atomic mass is 10.1. The topological polar surface area (TPSA) is 95.4 Å². The number of ether oxygens (including phenoxy) is 2. The third-order valence-corrected chi connectivity index (χ3v) is 4.24. The molecule has 3 aromatic rings. The van der Waals surface area contributed by atoms with Gasteiger partial charge in [-0.15, -0.1) is 0 Å². The molecule has 1 atom stereocenters. The molecule has 0 aliphatic heterocycles. The van der Waals surface area contributed by atoms with Crippen LogP contribution in [0.3, 0.4) is 0 Å². The molecule has 7 nitrogen and oxygen atoms in total. The van der Waals surface area contributed by atoms with E-state index in [-0.39, 0.29) is 6.04 Å². The lowest BCUT2D eigenvalue weighted by Gasteiger charge is -2.20. The minimum Gasteiger partial charge on any atom is -0.493 e. The van der Waals surface area contributed by atoms with Crippen LogP contribution >= 0.6 is 12.2 Å². The van der Waals surface area contributed by atoms with Gasteiger partial charge in [0.2, 0.25) is 11.7 Å². The van der Waals surface area contributed by atoms with Crippen molar-refractivity contribution in [2.24, 2.45) is 5.73 Å². The summed E-state index contributed by atoms with van der Waals surface area (Å²) in [6, 6.07) is 12.8. The number of hydrogen-bond donors (Lipinski definition) is 2. The van der Waals surface area contributed by atoms with Gasteiger partial charge in [0.25, 0.3) is 0 Å². The molecule has 0 bridgehead atoms. The quantitative estimate of drug-likeness (QED) is 0.598. The summed E-state index contributed by atoms with van der Waals surface area (Å²) in [5.41, 5.74) is 8.55. The molecule has 0 saturated heterocycles. The lowest BCUT2D eigenvalue weighted by molar-refractivity contribution is 0.354. The van der Waals surface area contributed by atoms with Crippen molar-refractivity contribution in [3.05, 3.63) is 53.9 Å². The number of hydrogen-bond acceptors (Lipinski definition) is 7. The molecule has 1 heterocycles. The van der Waals surface area contributed by atoms with Crippen molar-refractivity contribution >= 4 is 22.9 Å². The zero-order valence-electron chi connectivity index (χ0n) is 15.2. The Bertz CT molecular complexity index is 940. The van der Waals surface area contributed by atoms with E-state index in [1.54, 1.807) is 21.1 Å². The van der Waals surface area contributed by atoms with Gasteiger partial charge in [-0.3, -0.25) is 0 Å². The summed E-state index contributed by atoms with van der Waals surface area (Å²) in [6.07, 6.45) is 0. The Morgan fingerprint density at radius 3 is 2.37 bits per heavy atom. The second-order valence-electron chi connectivity index (χ2n) is 5.81. The van der Waals surface area contributed by atoms with Crippen LogP contribution in [0.4, 0.5) is 5.69 Å². The standard InChI is InChI=1S/C19H20N4O3S/c1-11-21-19(23-26-11)12-4-7-14(8-5-12)22-17(18(20)27)13-6-9-15(24-2)16(10-13)25-3/h4-10,17,22H,1-3H3,(H2,20,27). The lowest BCUT2D eigenvalue weighted by Crippen LogP contribution is -2.26.